The van der Waals surface area contributed by atoms with Crippen molar-refractivity contribution in [3.05, 3.63) is 33.4 Å². The number of esters is 1. The van der Waals surface area contributed by atoms with E-state index in [-0.39, 0.29) is 5.97 Å². The highest BCUT2D eigenvalue weighted by Gasteiger charge is 2.00. The van der Waals surface area contributed by atoms with Crippen LogP contribution in [-0.4, -0.2) is 18.8 Å². The SMILES string of the molecule is COC(=O)CSCc1cccc(I)c1. The first kappa shape index (κ1) is 11.8. The van der Waals surface area contributed by atoms with Gasteiger partial charge in [0.2, 0.25) is 0 Å². The molecule has 0 heterocycles. The fraction of sp³-hybridized carbons (Fsp3) is 0.300. The predicted octanol–water partition coefficient (Wildman–Crippen LogP) is 2.70. The van der Waals surface area contributed by atoms with Crippen LogP contribution in [0.1, 0.15) is 5.56 Å². The van der Waals surface area contributed by atoms with Crippen molar-refractivity contribution in [1.82, 2.24) is 0 Å². The van der Waals surface area contributed by atoms with Gasteiger partial charge in [-0.2, -0.15) is 0 Å². The van der Waals surface area contributed by atoms with Gasteiger partial charge < -0.3 is 4.74 Å². The molecule has 0 aliphatic heterocycles. The van der Waals surface area contributed by atoms with Crippen molar-refractivity contribution in [1.29, 1.82) is 0 Å². The van der Waals surface area contributed by atoms with Crippen LogP contribution in [0.3, 0.4) is 0 Å². The number of methoxy groups -OCH3 is 1. The second-order valence-corrected chi connectivity index (χ2v) is 4.93. The minimum absolute atomic E-state index is 0.166. The molecule has 0 saturated carbocycles. The van der Waals surface area contributed by atoms with Gasteiger partial charge in [0, 0.05) is 9.32 Å². The van der Waals surface area contributed by atoms with E-state index in [0.29, 0.717) is 5.75 Å². The topological polar surface area (TPSA) is 26.3 Å². The predicted molar refractivity (Wildman–Crippen MR) is 67.3 cm³/mol. The number of benzene rings is 1. The lowest BCUT2D eigenvalue weighted by molar-refractivity contribution is -0.137. The Morgan fingerprint density at radius 1 is 1.57 bits per heavy atom. The van der Waals surface area contributed by atoms with Crippen LogP contribution in [0.2, 0.25) is 0 Å². The van der Waals surface area contributed by atoms with E-state index >= 15 is 0 Å². The zero-order valence-electron chi connectivity index (χ0n) is 7.83. The van der Waals surface area contributed by atoms with Crippen LogP contribution in [0.15, 0.2) is 24.3 Å². The van der Waals surface area contributed by atoms with Gasteiger partial charge in [-0.05, 0) is 40.3 Å². The quantitative estimate of drug-likeness (QED) is 0.630. The van der Waals surface area contributed by atoms with E-state index in [4.69, 9.17) is 0 Å². The molecule has 76 valence electrons. The van der Waals surface area contributed by atoms with Gasteiger partial charge >= 0.3 is 5.97 Å². The monoisotopic (exact) mass is 322 g/mol. The largest absolute Gasteiger partial charge is 0.468 e. The third kappa shape index (κ3) is 4.32. The fourth-order valence-corrected chi connectivity index (χ4v) is 2.35. The molecule has 0 radical (unpaired) electrons. The normalized spacial score (nSPS) is 9.86. The minimum Gasteiger partial charge on any atom is -0.468 e. The number of halogens is 1. The lowest BCUT2D eigenvalue weighted by atomic mass is 10.2. The number of rotatable bonds is 4. The summed E-state index contributed by atoms with van der Waals surface area (Å²) in [5.41, 5.74) is 1.24. The van der Waals surface area contributed by atoms with E-state index in [1.54, 1.807) is 11.8 Å². The first-order valence-corrected chi connectivity index (χ1v) is 6.34. The van der Waals surface area contributed by atoms with Crippen LogP contribution >= 0.6 is 34.4 Å². The molecule has 14 heavy (non-hydrogen) atoms. The summed E-state index contributed by atoms with van der Waals surface area (Å²) >= 11 is 3.85. The summed E-state index contributed by atoms with van der Waals surface area (Å²) < 4.78 is 5.77. The Morgan fingerprint density at radius 2 is 2.36 bits per heavy atom. The highest BCUT2D eigenvalue weighted by atomic mass is 127. The summed E-state index contributed by atoms with van der Waals surface area (Å²) in [5.74, 6) is 1.11. The molecular weight excluding hydrogens is 311 g/mol. The lowest BCUT2D eigenvalue weighted by Crippen LogP contribution is -2.03. The molecule has 0 bridgehead atoms. The van der Waals surface area contributed by atoms with E-state index < -0.39 is 0 Å². The standard InChI is InChI=1S/C10H11IO2S/c1-13-10(12)7-14-6-8-3-2-4-9(11)5-8/h2-5H,6-7H2,1H3. The molecule has 0 atom stereocenters. The Labute approximate surface area is 102 Å². The van der Waals surface area contributed by atoms with Gasteiger partial charge in [0.25, 0.3) is 0 Å². The number of thioether (sulfide) groups is 1. The molecule has 0 spiro atoms. The second kappa shape index (κ2) is 6.29. The van der Waals surface area contributed by atoms with Crippen LogP contribution in [0.4, 0.5) is 0 Å². The summed E-state index contributed by atoms with van der Waals surface area (Å²) in [4.78, 5) is 10.8. The Hall–Kier alpha value is -0.230. The fourth-order valence-electron chi connectivity index (χ4n) is 0.938. The summed E-state index contributed by atoms with van der Waals surface area (Å²) in [5, 5.41) is 0. The molecule has 0 fully saturated rings. The number of carbonyl (C=O) groups is 1. The van der Waals surface area contributed by atoms with Crippen LogP contribution in [-0.2, 0) is 15.3 Å². The van der Waals surface area contributed by atoms with Gasteiger partial charge in [0.05, 0.1) is 12.9 Å². The van der Waals surface area contributed by atoms with Crippen molar-refractivity contribution in [3.8, 4) is 0 Å². The lowest BCUT2D eigenvalue weighted by Gasteiger charge is -2.01. The Bertz CT molecular complexity index is 315. The zero-order valence-corrected chi connectivity index (χ0v) is 10.8. The molecule has 4 heteroatoms. The summed E-state index contributed by atoms with van der Waals surface area (Å²) in [7, 11) is 1.41. The maximum absolute atomic E-state index is 10.8. The highest BCUT2D eigenvalue weighted by molar-refractivity contribution is 14.1. The van der Waals surface area contributed by atoms with Gasteiger partial charge in [-0.1, -0.05) is 12.1 Å². The molecule has 1 aromatic rings. The number of carbonyl (C=O) groups excluding carboxylic acids is 1. The van der Waals surface area contributed by atoms with Crippen molar-refractivity contribution in [2.24, 2.45) is 0 Å². The number of hydrogen-bond acceptors (Lipinski definition) is 3. The molecule has 2 nitrogen and oxygen atoms in total. The zero-order chi connectivity index (χ0) is 10.4. The van der Waals surface area contributed by atoms with Crippen LogP contribution in [0.25, 0.3) is 0 Å². The molecule has 0 amide bonds. The van der Waals surface area contributed by atoms with E-state index in [1.807, 2.05) is 6.07 Å². The second-order valence-electron chi connectivity index (χ2n) is 2.70. The highest BCUT2D eigenvalue weighted by Crippen LogP contribution is 2.14. The molecular formula is C10H11IO2S. The van der Waals surface area contributed by atoms with E-state index in [9.17, 15) is 4.79 Å². The molecule has 1 aromatic carbocycles. The smallest absolute Gasteiger partial charge is 0.315 e. The average Bonchev–Trinajstić information content (AvgIpc) is 2.17. The van der Waals surface area contributed by atoms with Crippen molar-refractivity contribution in [3.63, 3.8) is 0 Å². The summed E-state index contributed by atoms with van der Waals surface area (Å²) in [6, 6.07) is 8.25. The van der Waals surface area contributed by atoms with Crippen LogP contribution < -0.4 is 0 Å². The molecule has 0 unspecified atom stereocenters. The number of hydrogen-bond donors (Lipinski definition) is 0. The molecule has 0 aromatic heterocycles. The van der Waals surface area contributed by atoms with Crippen molar-refractivity contribution < 1.29 is 9.53 Å². The first-order chi connectivity index (χ1) is 6.72. The summed E-state index contributed by atoms with van der Waals surface area (Å²) in [6.07, 6.45) is 0. The Kier molecular flexibility index (Phi) is 5.32. The molecule has 0 aliphatic rings. The van der Waals surface area contributed by atoms with Gasteiger partial charge in [-0.15, -0.1) is 11.8 Å². The van der Waals surface area contributed by atoms with Crippen LogP contribution in [0.5, 0.6) is 0 Å². The van der Waals surface area contributed by atoms with E-state index in [1.165, 1.54) is 16.2 Å². The van der Waals surface area contributed by atoms with Gasteiger partial charge in [-0.3, -0.25) is 4.79 Å². The first-order valence-electron chi connectivity index (χ1n) is 4.11. The van der Waals surface area contributed by atoms with Gasteiger partial charge in [-0.25, -0.2) is 0 Å². The Morgan fingerprint density at radius 3 is 3.00 bits per heavy atom. The number of ether oxygens (including phenoxy) is 1. The average molecular weight is 322 g/mol. The van der Waals surface area contributed by atoms with Crippen LogP contribution in [0, 0.1) is 3.57 Å². The van der Waals surface area contributed by atoms with Crippen molar-refractivity contribution >= 4 is 40.3 Å². The van der Waals surface area contributed by atoms with Crippen molar-refractivity contribution in [2.45, 2.75) is 5.75 Å². The molecule has 0 aliphatic carbocycles. The molecule has 0 saturated heterocycles. The molecule has 0 N–H and O–H groups in total. The third-order valence-corrected chi connectivity index (χ3v) is 3.25. The van der Waals surface area contributed by atoms with Gasteiger partial charge in [0.15, 0.2) is 0 Å². The summed E-state index contributed by atoms with van der Waals surface area (Å²) in [6.45, 7) is 0. The minimum atomic E-state index is -0.166. The van der Waals surface area contributed by atoms with Crippen molar-refractivity contribution in [2.75, 3.05) is 12.9 Å². The van der Waals surface area contributed by atoms with Gasteiger partial charge in [0.1, 0.15) is 0 Å². The molecule has 1 rings (SSSR count). The maximum Gasteiger partial charge on any atom is 0.315 e. The Balaban J connectivity index is 2.35. The maximum atomic E-state index is 10.8. The van der Waals surface area contributed by atoms with E-state index in [2.05, 4.69) is 45.5 Å². The third-order valence-electron chi connectivity index (χ3n) is 1.61. The van der Waals surface area contributed by atoms with E-state index in [0.717, 1.165) is 5.75 Å².